The molecule has 8 nitrogen and oxygen atoms in total. The Balaban J connectivity index is 1.66. The van der Waals surface area contributed by atoms with Gasteiger partial charge in [-0.25, -0.2) is 10.3 Å². The number of thioether (sulfide) groups is 1. The molecule has 13 heteroatoms. The minimum absolute atomic E-state index is 0.00579. The number of anilines is 1. The molecule has 0 radical (unpaired) electrons. The number of nitrogens with two attached hydrogens (primary N) is 1. The number of carbonyl (C=O) groups is 2. The summed E-state index contributed by atoms with van der Waals surface area (Å²) in [6.45, 7) is 0. The molecule has 0 amide bonds. The molecule has 0 saturated carbocycles. The highest BCUT2D eigenvalue weighted by atomic mass is 32.2. The van der Waals surface area contributed by atoms with Crippen LogP contribution in [0.3, 0.4) is 0 Å². The number of nitrogens with zero attached hydrogens (tertiary/aromatic N) is 2. The van der Waals surface area contributed by atoms with E-state index >= 15 is 0 Å². The number of ether oxygens (including phenoxy) is 1. The number of alkyl halides is 3. The lowest BCUT2D eigenvalue weighted by Gasteiger charge is -2.19. The van der Waals surface area contributed by atoms with Gasteiger partial charge in [0.15, 0.2) is 5.78 Å². The standard InChI is InChI=1S/C21H16F3N3O5S2/c22-21(23,24)32-17-7-9-18(10-8-17)34(30,31)27(25)16-5-3-14(4-6-16)19(28)13-33-20(29)15-2-1-11-26-12-15/h1-12H,13,25H2. The molecule has 3 aromatic rings. The molecule has 0 aliphatic rings. The van der Waals surface area contributed by atoms with E-state index in [2.05, 4.69) is 9.72 Å². The highest BCUT2D eigenvalue weighted by Gasteiger charge is 2.31. The van der Waals surface area contributed by atoms with Gasteiger partial charge in [-0.15, -0.1) is 13.2 Å². The fourth-order valence-corrected chi connectivity index (χ4v) is 4.46. The summed E-state index contributed by atoms with van der Waals surface area (Å²) >= 11 is 0.809. The molecule has 34 heavy (non-hydrogen) atoms. The van der Waals surface area contributed by atoms with Gasteiger partial charge in [0.1, 0.15) is 5.75 Å². The first kappa shape index (κ1) is 25.2. The Bertz CT molecular complexity index is 1270. The third kappa shape index (κ3) is 6.34. The van der Waals surface area contributed by atoms with Crippen LogP contribution in [-0.2, 0) is 10.0 Å². The predicted octanol–water partition coefficient (Wildman–Crippen LogP) is 3.81. The highest BCUT2D eigenvalue weighted by Crippen LogP contribution is 2.26. The molecule has 2 N–H and O–H groups in total. The Hall–Kier alpha value is -3.42. The Morgan fingerprint density at radius 3 is 2.21 bits per heavy atom. The number of aromatic nitrogens is 1. The molecule has 2 aromatic carbocycles. The molecule has 0 bridgehead atoms. The summed E-state index contributed by atoms with van der Waals surface area (Å²) in [7, 11) is -4.30. The average Bonchev–Trinajstić information content (AvgIpc) is 2.81. The van der Waals surface area contributed by atoms with E-state index in [-0.39, 0.29) is 32.8 Å². The van der Waals surface area contributed by atoms with Gasteiger partial charge < -0.3 is 4.74 Å². The predicted molar refractivity (Wildman–Crippen MR) is 119 cm³/mol. The average molecular weight is 512 g/mol. The molecule has 0 aliphatic heterocycles. The smallest absolute Gasteiger partial charge is 0.406 e. The molecule has 0 aliphatic carbocycles. The number of sulfonamides is 1. The number of Topliss-reactive ketones (excluding diaryl/α,β-unsaturated/α-hetero) is 1. The largest absolute Gasteiger partial charge is 0.573 e. The van der Waals surface area contributed by atoms with Gasteiger partial charge in [-0.2, -0.15) is 8.42 Å². The van der Waals surface area contributed by atoms with Crippen molar-refractivity contribution in [1.29, 1.82) is 0 Å². The van der Waals surface area contributed by atoms with Crippen molar-refractivity contribution in [3.8, 4) is 5.75 Å². The molecule has 3 rings (SSSR count). The van der Waals surface area contributed by atoms with Crippen LogP contribution in [0.2, 0.25) is 0 Å². The number of halogens is 3. The normalized spacial score (nSPS) is 11.6. The monoisotopic (exact) mass is 511 g/mol. The minimum atomic E-state index is -4.91. The van der Waals surface area contributed by atoms with E-state index in [4.69, 9.17) is 5.84 Å². The summed E-state index contributed by atoms with van der Waals surface area (Å²) in [6, 6.07) is 12.0. The number of pyridine rings is 1. The van der Waals surface area contributed by atoms with E-state index in [1.54, 1.807) is 12.1 Å². The van der Waals surface area contributed by atoms with Crippen LogP contribution in [0, 0.1) is 0 Å². The SMILES string of the molecule is NN(c1ccc(C(=O)CSC(=O)c2cccnc2)cc1)S(=O)(=O)c1ccc(OC(F)(F)F)cc1. The quantitative estimate of drug-likeness (QED) is 0.276. The van der Waals surface area contributed by atoms with Crippen molar-refractivity contribution in [1.82, 2.24) is 4.98 Å². The highest BCUT2D eigenvalue weighted by molar-refractivity contribution is 8.14. The maximum Gasteiger partial charge on any atom is 0.573 e. The number of hydrazine groups is 1. The van der Waals surface area contributed by atoms with Crippen molar-refractivity contribution < 1.29 is 35.9 Å². The molecular weight excluding hydrogens is 495 g/mol. The van der Waals surface area contributed by atoms with Crippen LogP contribution in [0.1, 0.15) is 20.7 Å². The van der Waals surface area contributed by atoms with Crippen LogP contribution in [0.25, 0.3) is 0 Å². The number of hydrogen-bond acceptors (Lipinski definition) is 8. The topological polar surface area (TPSA) is 120 Å². The van der Waals surface area contributed by atoms with Crippen LogP contribution in [0.15, 0.2) is 78.0 Å². The fourth-order valence-electron chi connectivity index (χ4n) is 2.64. The Labute approximate surface area is 196 Å². The zero-order chi connectivity index (χ0) is 24.9. The summed E-state index contributed by atoms with van der Waals surface area (Å²) in [5.41, 5.74) is 0.596. The van der Waals surface area contributed by atoms with Crippen LogP contribution in [0.4, 0.5) is 18.9 Å². The first-order chi connectivity index (χ1) is 16.0. The van der Waals surface area contributed by atoms with Gasteiger partial charge in [-0.1, -0.05) is 11.8 Å². The summed E-state index contributed by atoms with van der Waals surface area (Å²) in [6.07, 6.45) is -2.00. The van der Waals surface area contributed by atoms with Gasteiger partial charge in [-0.05, 0) is 60.7 Å². The van der Waals surface area contributed by atoms with Crippen LogP contribution in [-0.4, -0.2) is 36.4 Å². The number of ketones is 1. The lowest BCUT2D eigenvalue weighted by atomic mass is 10.1. The van der Waals surface area contributed by atoms with E-state index in [1.165, 1.54) is 36.7 Å². The Kier molecular flexibility index (Phi) is 7.59. The molecule has 0 fully saturated rings. The fraction of sp³-hybridized carbons (Fsp3) is 0.0952. The number of rotatable bonds is 8. The van der Waals surface area contributed by atoms with Crippen molar-refractivity contribution in [3.63, 3.8) is 0 Å². The second kappa shape index (κ2) is 10.2. The molecular formula is C21H16F3N3O5S2. The minimum Gasteiger partial charge on any atom is -0.406 e. The first-order valence-corrected chi connectivity index (χ1v) is 11.8. The van der Waals surface area contributed by atoms with Crippen molar-refractivity contribution in [2.45, 2.75) is 11.3 Å². The molecule has 178 valence electrons. The van der Waals surface area contributed by atoms with Crippen LogP contribution < -0.4 is 15.0 Å². The molecule has 0 saturated heterocycles. The first-order valence-electron chi connectivity index (χ1n) is 9.33. The molecule has 0 atom stereocenters. The summed E-state index contributed by atoms with van der Waals surface area (Å²) in [4.78, 5) is 27.9. The molecule has 1 aromatic heterocycles. The van der Waals surface area contributed by atoms with Crippen LogP contribution in [0.5, 0.6) is 5.75 Å². The third-order valence-electron chi connectivity index (χ3n) is 4.29. The Morgan fingerprint density at radius 1 is 1.00 bits per heavy atom. The maximum atomic E-state index is 12.7. The van der Waals surface area contributed by atoms with Gasteiger partial charge in [0.25, 0.3) is 10.0 Å². The van der Waals surface area contributed by atoms with Crippen LogP contribution >= 0.6 is 11.8 Å². The zero-order valence-corrected chi connectivity index (χ0v) is 18.7. The van der Waals surface area contributed by atoms with Gasteiger partial charge in [0.2, 0.25) is 5.12 Å². The molecule has 0 unspecified atom stereocenters. The number of carbonyl (C=O) groups excluding carboxylic acids is 2. The van der Waals surface area contributed by atoms with E-state index in [0.29, 0.717) is 9.98 Å². The van der Waals surface area contributed by atoms with Gasteiger partial charge in [-0.3, -0.25) is 14.6 Å². The Morgan fingerprint density at radius 2 is 1.65 bits per heavy atom. The second-order valence-corrected chi connectivity index (χ2v) is 9.37. The van der Waals surface area contributed by atoms with E-state index in [9.17, 15) is 31.2 Å². The van der Waals surface area contributed by atoms with Crippen molar-refractivity contribution in [2.75, 3.05) is 10.2 Å². The van der Waals surface area contributed by atoms with Gasteiger partial charge >= 0.3 is 6.36 Å². The summed E-state index contributed by atoms with van der Waals surface area (Å²) in [5.74, 6) is 4.65. The van der Waals surface area contributed by atoms with Crippen molar-refractivity contribution in [3.05, 3.63) is 84.2 Å². The maximum absolute atomic E-state index is 12.7. The number of hydrogen-bond donors (Lipinski definition) is 1. The van der Waals surface area contributed by atoms with E-state index in [1.807, 2.05) is 0 Å². The third-order valence-corrected chi connectivity index (χ3v) is 6.79. The van der Waals surface area contributed by atoms with Gasteiger partial charge in [0.05, 0.1) is 16.3 Å². The molecule has 1 heterocycles. The summed E-state index contributed by atoms with van der Waals surface area (Å²) in [5, 5.41) is -0.316. The second-order valence-electron chi connectivity index (χ2n) is 6.61. The summed E-state index contributed by atoms with van der Waals surface area (Å²) < 4.78 is 66.3. The van der Waals surface area contributed by atoms with Gasteiger partial charge in [0, 0.05) is 23.5 Å². The lowest BCUT2D eigenvalue weighted by molar-refractivity contribution is -0.274. The van der Waals surface area contributed by atoms with E-state index in [0.717, 1.165) is 36.0 Å². The number of benzene rings is 2. The zero-order valence-electron chi connectivity index (χ0n) is 17.1. The molecule has 0 spiro atoms. The van der Waals surface area contributed by atoms with E-state index < -0.39 is 22.1 Å². The van der Waals surface area contributed by atoms with Crippen molar-refractivity contribution in [2.24, 2.45) is 5.84 Å². The lowest BCUT2D eigenvalue weighted by Crippen LogP contribution is -2.37. The van der Waals surface area contributed by atoms with Crippen molar-refractivity contribution >= 4 is 38.4 Å².